The number of esters is 1. The van der Waals surface area contributed by atoms with E-state index in [2.05, 4.69) is 25.8 Å². The quantitative estimate of drug-likeness (QED) is 0.395. The van der Waals surface area contributed by atoms with Crippen LogP contribution in [-0.4, -0.2) is 33.5 Å². The summed E-state index contributed by atoms with van der Waals surface area (Å²) < 4.78 is 13.3. The zero-order valence-electron chi connectivity index (χ0n) is 19.7. The van der Waals surface area contributed by atoms with Crippen LogP contribution < -0.4 is 11.2 Å². The molecule has 0 radical (unpaired) electrons. The molecular formula is C24H32N2O5S2. The molecule has 1 aliphatic rings. The zero-order valence-corrected chi connectivity index (χ0v) is 21.3. The summed E-state index contributed by atoms with van der Waals surface area (Å²) in [7, 11) is 3.57. The van der Waals surface area contributed by atoms with Gasteiger partial charge in [0.2, 0.25) is 0 Å². The lowest BCUT2D eigenvalue weighted by Gasteiger charge is -2.20. The van der Waals surface area contributed by atoms with Gasteiger partial charge in [-0.3, -0.25) is 14.3 Å². The van der Waals surface area contributed by atoms with Crippen molar-refractivity contribution < 1.29 is 14.3 Å². The summed E-state index contributed by atoms with van der Waals surface area (Å²) in [5, 5.41) is 0.134. The van der Waals surface area contributed by atoms with E-state index >= 15 is 0 Å². The fraction of sp³-hybridized carbons (Fsp3) is 0.542. The van der Waals surface area contributed by atoms with Crippen molar-refractivity contribution in [1.29, 1.82) is 0 Å². The molecule has 9 heteroatoms. The van der Waals surface area contributed by atoms with E-state index in [9.17, 15) is 14.4 Å². The van der Waals surface area contributed by atoms with Crippen LogP contribution in [0, 0.1) is 12.8 Å². The molecule has 1 N–H and O–H groups in total. The highest BCUT2D eigenvalue weighted by molar-refractivity contribution is 8.76. The van der Waals surface area contributed by atoms with Crippen molar-refractivity contribution in [2.24, 2.45) is 5.92 Å². The first-order valence-corrected chi connectivity index (χ1v) is 13.6. The third kappa shape index (κ3) is 6.33. The number of carbonyl (C=O) groups excluding carboxylic acids is 1. The van der Waals surface area contributed by atoms with Crippen LogP contribution in [0.15, 0.2) is 40.1 Å². The van der Waals surface area contributed by atoms with Crippen molar-refractivity contribution in [2.45, 2.75) is 71.1 Å². The second-order valence-corrected chi connectivity index (χ2v) is 11.5. The van der Waals surface area contributed by atoms with E-state index in [1.54, 1.807) is 23.8 Å². The number of aromatic amines is 1. The Balaban J connectivity index is 1.74. The van der Waals surface area contributed by atoms with Crippen molar-refractivity contribution >= 4 is 27.6 Å². The van der Waals surface area contributed by atoms with Crippen LogP contribution in [0.3, 0.4) is 0 Å². The van der Waals surface area contributed by atoms with Gasteiger partial charge in [0.1, 0.15) is 12.3 Å². The molecule has 0 amide bonds. The number of H-pyrrole nitrogens is 1. The number of hydrogen-bond acceptors (Lipinski definition) is 7. The van der Waals surface area contributed by atoms with Gasteiger partial charge in [-0.05, 0) is 37.8 Å². The van der Waals surface area contributed by atoms with Crippen LogP contribution in [0.2, 0.25) is 0 Å². The predicted molar refractivity (Wildman–Crippen MR) is 134 cm³/mol. The molecule has 2 unspecified atom stereocenters. The second-order valence-electron chi connectivity index (χ2n) is 8.70. The fourth-order valence-corrected chi connectivity index (χ4v) is 6.57. The van der Waals surface area contributed by atoms with E-state index in [0.29, 0.717) is 29.9 Å². The van der Waals surface area contributed by atoms with E-state index in [1.807, 2.05) is 35.9 Å². The van der Waals surface area contributed by atoms with Gasteiger partial charge in [-0.15, -0.1) is 0 Å². The topological polar surface area (TPSA) is 90.4 Å². The largest absolute Gasteiger partial charge is 0.456 e. The minimum absolute atomic E-state index is 0.134. The van der Waals surface area contributed by atoms with Crippen LogP contribution in [0.1, 0.15) is 73.5 Å². The Kier molecular flexibility index (Phi) is 8.89. The predicted octanol–water partition coefficient (Wildman–Crippen LogP) is 4.87. The van der Waals surface area contributed by atoms with Gasteiger partial charge in [0, 0.05) is 29.2 Å². The first kappa shape index (κ1) is 25.6. The summed E-state index contributed by atoms with van der Waals surface area (Å²) in [5.74, 6) is 1.27. The molecule has 2 aromatic rings. The Morgan fingerprint density at radius 2 is 2.00 bits per heavy atom. The molecule has 33 heavy (non-hydrogen) atoms. The Morgan fingerprint density at radius 3 is 2.70 bits per heavy atom. The maximum atomic E-state index is 13.2. The van der Waals surface area contributed by atoms with Gasteiger partial charge >= 0.3 is 11.7 Å². The maximum absolute atomic E-state index is 13.2. The lowest BCUT2D eigenvalue weighted by atomic mass is 10.0. The Bertz CT molecular complexity index is 1080. The minimum atomic E-state index is -0.604. The molecule has 1 aliphatic heterocycles. The number of hydrogen-bond donors (Lipinski definition) is 1. The average molecular weight is 493 g/mol. The maximum Gasteiger partial charge on any atom is 0.338 e. The Morgan fingerprint density at radius 1 is 1.27 bits per heavy atom. The molecule has 0 saturated carbocycles. The fourth-order valence-electron chi connectivity index (χ4n) is 3.73. The first-order chi connectivity index (χ1) is 15.7. The molecule has 3 rings (SSSR count). The van der Waals surface area contributed by atoms with E-state index in [-0.39, 0.29) is 17.3 Å². The zero-order chi connectivity index (χ0) is 24.1. The third-order valence-corrected chi connectivity index (χ3v) is 8.69. The molecule has 1 aromatic carbocycles. The summed E-state index contributed by atoms with van der Waals surface area (Å²) >= 11 is 0. The van der Waals surface area contributed by atoms with Gasteiger partial charge in [-0.25, -0.2) is 9.59 Å². The van der Waals surface area contributed by atoms with Crippen molar-refractivity contribution in [1.82, 2.24) is 9.55 Å². The molecule has 7 nitrogen and oxygen atoms in total. The Labute approximate surface area is 202 Å². The summed E-state index contributed by atoms with van der Waals surface area (Å²) in [6.07, 6.45) is 1.04. The molecule has 1 fully saturated rings. The smallest absolute Gasteiger partial charge is 0.338 e. The molecular weight excluding hydrogens is 460 g/mol. The average Bonchev–Trinajstić information content (AvgIpc) is 3.18. The van der Waals surface area contributed by atoms with Gasteiger partial charge in [-0.1, -0.05) is 60.6 Å². The molecule has 180 valence electrons. The van der Waals surface area contributed by atoms with Crippen LogP contribution >= 0.6 is 21.6 Å². The Hall–Kier alpha value is -1.97. The first-order valence-electron chi connectivity index (χ1n) is 11.3. The van der Waals surface area contributed by atoms with Gasteiger partial charge in [0.25, 0.3) is 5.56 Å². The molecule has 0 aliphatic carbocycles. The van der Waals surface area contributed by atoms with Crippen LogP contribution in [0.25, 0.3) is 0 Å². The van der Waals surface area contributed by atoms with Gasteiger partial charge in [-0.2, -0.15) is 0 Å². The van der Waals surface area contributed by atoms with Crippen LogP contribution in [0.4, 0.5) is 0 Å². The van der Waals surface area contributed by atoms with E-state index in [4.69, 9.17) is 9.47 Å². The van der Waals surface area contributed by atoms with Crippen LogP contribution in [0.5, 0.6) is 0 Å². The standard InChI is InChI=1S/C24H32N2O5S2/c1-6-19-20(11-21(30-19)26-12-15(4)22(27)25-24(26)29)31-23(28)18-10-8-7-9-17(18)16(5)33-32-13-14(2)3/h7-10,12,14,16,19-21H,6,11,13H2,1-5H3,(H,25,27,29)/t16?,19-,20?,21-/m1/s1. The van der Waals surface area contributed by atoms with Gasteiger partial charge in [0.15, 0.2) is 0 Å². The van der Waals surface area contributed by atoms with Crippen molar-refractivity contribution in [2.75, 3.05) is 5.75 Å². The number of aromatic nitrogens is 2. The number of aryl methyl sites for hydroxylation is 1. The summed E-state index contributed by atoms with van der Waals surface area (Å²) in [6.45, 7) is 10.1. The normalized spacial score (nSPS) is 21.3. The van der Waals surface area contributed by atoms with E-state index in [0.717, 1.165) is 11.3 Å². The highest BCUT2D eigenvalue weighted by Gasteiger charge is 2.38. The molecule has 1 saturated heterocycles. The van der Waals surface area contributed by atoms with Crippen LogP contribution in [-0.2, 0) is 9.47 Å². The minimum Gasteiger partial charge on any atom is -0.456 e. The summed E-state index contributed by atoms with van der Waals surface area (Å²) in [6, 6.07) is 7.54. The molecule has 0 spiro atoms. The number of carbonyl (C=O) groups is 1. The number of benzene rings is 1. The lowest BCUT2D eigenvalue weighted by Crippen LogP contribution is -2.33. The highest BCUT2D eigenvalue weighted by Crippen LogP contribution is 2.40. The number of rotatable bonds is 9. The third-order valence-electron chi connectivity index (χ3n) is 5.53. The molecule has 1 aromatic heterocycles. The van der Waals surface area contributed by atoms with Gasteiger partial charge in [0.05, 0.1) is 11.7 Å². The number of nitrogens with zero attached hydrogens (tertiary/aromatic N) is 1. The number of ether oxygens (including phenoxy) is 2. The van der Waals surface area contributed by atoms with Crippen molar-refractivity contribution in [3.8, 4) is 0 Å². The van der Waals surface area contributed by atoms with E-state index in [1.165, 1.54) is 10.8 Å². The van der Waals surface area contributed by atoms with Crippen molar-refractivity contribution in [3.05, 3.63) is 68.0 Å². The SMILES string of the molecule is CC[C@H]1O[C@@H](n2cc(C)c(=O)[nH]c2=O)CC1OC(=O)c1ccccc1C(C)SSCC(C)C. The van der Waals surface area contributed by atoms with Crippen molar-refractivity contribution in [3.63, 3.8) is 0 Å². The molecule has 0 bridgehead atoms. The number of nitrogens with one attached hydrogen (secondary N) is 1. The highest BCUT2D eigenvalue weighted by atomic mass is 33.1. The summed E-state index contributed by atoms with van der Waals surface area (Å²) in [4.78, 5) is 39.5. The second kappa shape index (κ2) is 11.4. The molecule has 2 heterocycles. The molecule has 4 atom stereocenters. The van der Waals surface area contributed by atoms with Gasteiger partial charge < -0.3 is 9.47 Å². The monoisotopic (exact) mass is 492 g/mol. The van der Waals surface area contributed by atoms with E-state index < -0.39 is 23.6 Å². The summed E-state index contributed by atoms with van der Waals surface area (Å²) in [5.41, 5.74) is 0.965. The lowest BCUT2D eigenvalue weighted by molar-refractivity contribution is -0.0310.